The first-order chi connectivity index (χ1) is 8.60. The molecule has 0 aliphatic rings. The molecule has 6 nitrogen and oxygen atoms in total. The topological polar surface area (TPSA) is 61.4 Å². The molecule has 0 aliphatic heterocycles. The van der Waals surface area contributed by atoms with E-state index < -0.39 is 18.0 Å². The molecule has 1 atom stereocenters. The Bertz CT molecular complexity index is 420. The van der Waals surface area contributed by atoms with Gasteiger partial charge in [0.25, 0.3) is 6.04 Å². The van der Waals surface area contributed by atoms with Crippen LogP contribution in [0.4, 0.5) is 0 Å². The van der Waals surface area contributed by atoms with Crippen LogP contribution in [0.15, 0.2) is 18.7 Å². The molecule has 0 spiro atoms. The lowest BCUT2D eigenvalue weighted by Crippen LogP contribution is -3.00. The van der Waals surface area contributed by atoms with Crippen LogP contribution in [0.3, 0.4) is 0 Å². The fraction of sp³-hybridized carbons (Fsp3) is 0.583. The first-order valence-corrected chi connectivity index (χ1v) is 5.96. The van der Waals surface area contributed by atoms with Gasteiger partial charge in [0, 0.05) is 0 Å². The first kappa shape index (κ1) is 17.6. The van der Waals surface area contributed by atoms with E-state index in [-0.39, 0.29) is 23.6 Å². The molecule has 0 saturated heterocycles. The molecular formula is C12H19BrN2O4. The minimum absolute atomic E-state index is 0. The highest BCUT2D eigenvalue weighted by Crippen LogP contribution is 2.10. The van der Waals surface area contributed by atoms with Crippen LogP contribution in [-0.4, -0.2) is 29.7 Å². The number of aryl methyl sites for hydroxylation is 1. The van der Waals surface area contributed by atoms with Crippen molar-refractivity contribution in [2.24, 2.45) is 7.05 Å². The standard InChI is InChI=1S/C12H19N2O4.BrH/c1-4-8-18-12(16)10(11(15)17-5-2)14-7-6-13(3)9-14;/h6-7,9-10H,4-5,8H2,1-3H3;1H/q+1;/p-1/t10-;/m1./s1. The smallest absolute Gasteiger partial charge is 0.363 e. The molecule has 0 aliphatic carbocycles. The van der Waals surface area contributed by atoms with Crippen molar-refractivity contribution >= 4 is 11.9 Å². The van der Waals surface area contributed by atoms with Gasteiger partial charge >= 0.3 is 11.9 Å². The molecule has 108 valence electrons. The van der Waals surface area contributed by atoms with Crippen LogP contribution in [0.5, 0.6) is 0 Å². The van der Waals surface area contributed by atoms with Crippen molar-refractivity contribution < 1.29 is 40.6 Å². The summed E-state index contributed by atoms with van der Waals surface area (Å²) in [5.41, 5.74) is 0. The molecule has 0 saturated carbocycles. The Labute approximate surface area is 123 Å². The van der Waals surface area contributed by atoms with Gasteiger partial charge in [0.1, 0.15) is 12.4 Å². The van der Waals surface area contributed by atoms with Crippen LogP contribution in [0.25, 0.3) is 0 Å². The summed E-state index contributed by atoms with van der Waals surface area (Å²) in [7, 11) is 1.80. The number of aromatic nitrogens is 2. The van der Waals surface area contributed by atoms with Crippen LogP contribution in [-0.2, 0) is 26.1 Å². The summed E-state index contributed by atoms with van der Waals surface area (Å²) in [5, 5.41) is 0. The van der Waals surface area contributed by atoms with Crippen molar-refractivity contribution in [3.63, 3.8) is 0 Å². The average molecular weight is 335 g/mol. The highest BCUT2D eigenvalue weighted by molar-refractivity contribution is 5.97. The van der Waals surface area contributed by atoms with Crippen LogP contribution < -0.4 is 21.5 Å². The number of nitrogens with zero attached hydrogens (tertiary/aromatic N) is 2. The number of ether oxygens (including phenoxy) is 2. The summed E-state index contributed by atoms with van der Waals surface area (Å²) >= 11 is 0. The lowest BCUT2D eigenvalue weighted by atomic mass is 10.3. The molecular weight excluding hydrogens is 316 g/mol. The van der Waals surface area contributed by atoms with Crippen LogP contribution in [0.2, 0.25) is 0 Å². The number of hydrogen-bond donors (Lipinski definition) is 0. The maximum atomic E-state index is 11.9. The van der Waals surface area contributed by atoms with Gasteiger partial charge in [0.15, 0.2) is 0 Å². The molecule has 0 unspecified atom stereocenters. The minimum Gasteiger partial charge on any atom is -1.00 e. The molecule has 0 bridgehead atoms. The Kier molecular flexibility index (Phi) is 8.06. The minimum atomic E-state index is -1.07. The largest absolute Gasteiger partial charge is 1.00 e. The number of esters is 2. The van der Waals surface area contributed by atoms with Crippen molar-refractivity contribution in [2.45, 2.75) is 26.3 Å². The van der Waals surface area contributed by atoms with Gasteiger partial charge in [-0.3, -0.25) is 0 Å². The number of imidazole rings is 1. The number of rotatable bonds is 6. The fourth-order valence-corrected chi connectivity index (χ4v) is 1.46. The predicted octanol–water partition coefficient (Wildman–Crippen LogP) is -2.63. The normalized spacial score (nSPS) is 11.3. The number of carbonyl (C=O) groups excluding carboxylic acids is 2. The third-order valence-corrected chi connectivity index (χ3v) is 2.27. The summed E-state index contributed by atoms with van der Waals surface area (Å²) < 4.78 is 13.1. The van der Waals surface area contributed by atoms with Gasteiger partial charge in [-0.1, -0.05) is 6.92 Å². The van der Waals surface area contributed by atoms with Gasteiger partial charge in [-0.15, -0.1) is 0 Å². The average Bonchev–Trinajstić information content (AvgIpc) is 2.73. The zero-order valence-corrected chi connectivity index (χ0v) is 12.9. The van der Waals surface area contributed by atoms with Gasteiger partial charge in [-0.2, -0.15) is 0 Å². The molecule has 0 N–H and O–H groups in total. The van der Waals surface area contributed by atoms with E-state index in [2.05, 4.69) is 0 Å². The number of hydrogen-bond acceptors (Lipinski definition) is 4. The van der Waals surface area contributed by atoms with E-state index in [1.807, 2.05) is 6.92 Å². The Hall–Kier alpha value is -1.37. The third-order valence-electron chi connectivity index (χ3n) is 2.27. The summed E-state index contributed by atoms with van der Waals surface area (Å²) in [6, 6.07) is -1.07. The molecule has 1 heterocycles. The Morgan fingerprint density at radius 1 is 1.26 bits per heavy atom. The molecule has 1 aromatic heterocycles. The monoisotopic (exact) mass is 334 g/mol. The van der Waals surface area contributed by atoms with E-state index in [4.69, 9.17) is 9.47 Å². The molecule has 1 aromatic rings. The van der Waals surface area contributed by atoms with Gasteiger partial charge in [-0.05, 0) is 13.3 Å². The van der Waals surface area contributed by atoms with E-state index >= 15 is 0 Å². The van der Waals surface area contributed by atoms with Gasteiger partial charge in [-0.25, -0.2) is 18.7 Å². The van der Waals surface area contributed by atoms with Gasteiger partial charge in [0.05, 0.1) is 20.3 Å². The third kappa shape index (κ3) is 5.02. The summed E-state index contributed by atoms with van der Waals surface area (Å²) in [6.45, 7) is 4.11. The first-order valence-electron chi connectivity index (χ1n) is 5.96. The Morgan fingerprint density at radius 2 is 1.89 bits per heavy atom. The maximum absolute atomic E-state index is 11.9. The quantitative estimate of drug-likeness (QED) is 0.324. The summed E-state index contributed by atoms with van der Waals surface area (Å²) in [4.78, 5) is 23.7. The molecule has 0 amide bonds. The zero-order chi connectivity index (χ0) is 13.5. The second-order valence-electron chi connectivity index (χ2n) is 3.85. The molecule has 0 aromatic carbocycles. The van der Waals surface area contributed by atoms with Crippen molar-refractivity contribution in [2.75, 3.05) is 13.2 Å². The Morgan fingerprint density at radius 3 is 2.37 bits per heavy atom. The van der Waals surface area contributed by atoms with E-state index in [9.17, 15) is 9.59 Å². The second kappa shape index (κ2) is 8.68. The molecule has 7 heteroatoms. The highest BCUT2D eigenvalue weighted by atomic mass is 79.9. The zero-order valence-electron chi connectivity index (χ0n) is 11.3. The SMILES string of the molecule is CCCOC(=O)[C@@H](C(=O)OCC)n1cc[n+](C)c1.[Br-]. The molecule has 19 heavy (non-hydrogen) atoms. The predicted molar refractivity (Wildman–Crippen MR) is 62.5 cm³/mol. The molecule has 0 radical (unpaired) electrons. The van der Waals surface area contributed by atoms with Crippen LogP contribution in [0, 0.1) is 0 Å². The van der Waals surface area contributed by atoms with Crippen molar-refractivity contribution in [3.05, 3.63) is 18.7 Å². The lowest BCUT2D eigenvalue weighted by Gasteiger charge is -2.11. The highest BCUT2D eigenvalue weighted by Gasteiger charge is 2.35. The Balaban J connectivity index is 0.00000324. The van der Waals surface area contributed by atoms with Crippen molar-refractivity contribution in [3.8, 4) is 0 Å². The molecule has 1 rings (SSSR count). The summed E-state index contributed by atoms with van der Waals surface area (Å²) in [5.74, 6) is -1.19. The van der Waals surface area contributed by atoms with E-state index in [0.29, 0.717) is 13.0 Å². The number of carbonyl (C=O) groups is 2. The van der Waals surface area contributed by atoms with Gasteiger partial charge in [0.2, 0.25) is 6.33 Å². The molecule has 0 fully saturated rings. The van der Waals surface area contributed by atoms with Crippen LogP contribution in [0.1, 0.15) is 26.3 Å². The van der Waals surface area contributed by atoms with Gasteiger partial charge < -0.3 is 26.5 Å². The maximum Gasteiger partial charge on any atom is 0.363 e. The van der Waals surface area contributed by atoms with E-state index in [0.717, 1.165) is 0 Å². The summed E-state index contributed by atoms with van der Waals surface area (Å²) in [6.07, 6.45) is 5.71. The van der Waals surface area contributed by atoms with Crippen molar-refractivity contribution in [1.29, 1.82) is 0 Å². The second-order valence-corrected chi connectivity index (χ2v) is 3.85. The lowest BCUT2D eigenvalue weighted by molar-refractivity contribution is -0.671. The fourth-order valence-electron chi connectivity index (χ4n) is 1.46. The van der Waals surface area contributed by atoms with Crippen LogP contribution >= 0.6 is 0 Å². The van der Waals surface area contributed by atoms with Crippen molar-refractivity contribution in [1.82, 2.24) is 4.57 Å². The number of halogens is 1. The van der Waals surface area contributed by atoms with E-state index in [1.165, 1.54) is 4.57 Å². The van der Waals surface area contributed by atoms with E-state index in [1.54, 1.807) is 37.3 Å².